The molecule has 0 aliphatic carbocycles. The van der Waals surface area contributed by atoms with Crippen LogP contribution in [0.3, 0.4) is 0 Å². The van der Waals surface area contributed by atoms with Crippen LogP contribution in [0.2, 0.25) is 0 Å². The first kappa shape index (κ1) is 15.9. The molecule has 116 valence electrons. The van der Waals surface area contributed by atoms with Crippen LogP contribution in [0.15, 0.2) is 29.6 Å². The molecule has 22 heavy (non-hydrogen) atoms. The van der Waals surface area contributed by atoms with Crippen LogP contribution in [0.1, 0.15) is 32.6 Å². The molecule has 0 saturated carbocycles. The van der Waals surface area contributed by atoms with Crippen LogP contribution in [0, 0.1) is 6.92 Å². The summed E-state index contributed by atoms with van der Waals surface area (Å²) in [7, 11) is 1.78. The third kappa shape index (κ3) is 3.50. The van der Waals surface area contributed by atoms with Crippen LogP contribution in [0.25, 0.3) is 0 Å². The Balaban J connectivity index is 1.73. The molecule has 6 heteroatoms. The van der Waals surface area contributed by atoms with E-state index in [-0.39, 0.29) is 5.91 Å². The van der Waals surface area contributed by atoms with Gasteiger partial charge in [-0.05, 0) is 42.5 Å². The molecule has 3 nitrogen and oxygen atoms in total. The molecule has 2 heterocycles. The average Bonchev–Trinajstić information content (AvgIpc) is 3.01. The Bertz CT molecular complexity index is 648. The highest BCUT2D eigenvalue weighted by Crippen LogP contribution is 2.43. The third-order valence-corrected chi connectivity index (χ3v) is 7.51. The maximum atomic E-state index is 12.5. The molecule has 2 aromatic rings. The van der Waals surface area contributed by atoms with Crippen LogP contribution in [-0.2, 0) is 0 Å². The van der Waals surface area contributed by atoms with Crippen molar-refractivity contribution < 1.29 is 4.79 Å². The van der Waals surface area contributed by atoms with Gasteiger partial charge >= 0.3 is 0 Å². The highest BCUT2D eigenvalue weighted by Gasteiger charge is 2.19. The number of anilines is 1. The van der Waals surface area contributed by atoms with Gasteiger partial charge in [0, 0.05) is 18.0 Å². The lowest BCUT2D eigenvalue weighted by Gasteiger charge is -2.21. The molecular formula is C16H18N2OS3. The second-order valence-electron chi connectivity index (χ2n) is 5.18. The van der Waals surface area contributed by atoms with E-state index in [1.165, 1.54) is 34.8 Å². The number of thioether (sulfide) groups is 2. The summed E-state index contributed by atoms with van der Waals surface area (Å²) in [5, 5.41) is 2.70. The molecule has 3 rings (SSSR count). The number of hydrogen-bond acceptors (Lipinski definition) is 5. The van der Waals surface area contributed by atoms with Crippen LogP contribution in [0.5, 0.6) is 0 Å². The van der Waals surface area contributed by atoms with E-state index in [0.717, 1.165) is 10.8 Å². The van der Waals surface area contributed by atoms with E-state index in [0.29, 0.717) is 10.1 Å². The number of nitrogens with zero attached hydrogens (tertiary/aromatic N) is 2. The smallest absolute Gasteiger partial charge is 0.259 e. The lowest BCUT2D eigenvalue weighted by Crippen LogP contribution is -2.26. The van der Waals surface area contributed by atoms with Crippen LogP contribution < -0.4 is 4.90 Å². The van der Waals surface area contributed by atoms with Gasteiger partial charge in [0.2, 0.25) is 0 Å². The lowest BCUT2D eigenvalue weighted by molar-refractivity contribution is 0.0993. The number of benzene rings is 1. The Morgan fingerprint density at radius 2 is 1.91 bits per heavy atom. The summed E-state index contributed by atoms with van der Waals surface area (Å²) in [5.41, 5.74) is 2.96. The molecule has 0 spiro atoms. The minimum absolute atomic E-state index is 0.00940. The molecule has 1 aliphatic rings. The maximum absolute atomic E-state index is 12.5. The largest absolute Gasteiger partial charge is 0.287 e. The van der Waals surface area contributed by atoms with Crippen molar-refractivity contribution in [3.05, 3.63) is 46.5 Å². The van der Waals surface area contributed by atoms with Gasteiger partial charge in [-0.3, -0.25) is 9.69 Å². The van der Waals surface area contributed by atoms with Gasteiger partial charge in [-0.25, -0.2) is 4.98 Å². The fourth-order valence-corrected chi connectivity index (χ4v) is 5.90. The second kappa shape index (κ2) is 7.06. The second-order valence-corrected chi connectivity index (χ2v) is 8.75. The number of aromatic nitrogens is 1. The van der Waals surface area contributed by atoms with Crippen molar-refractivity contribution >= 4 is 45.9 Å². The molecule has 0 unspecified atom stereocenters. The van der Waals surface area contributed by atoms with E-state index in [1.807, 2.05) is 48.0 Å². The van der Waals surface area contributed by atoms with Crippen LogP contribution in [-0.4, -0.2) is 29.4 Å². The number of hydrogen-bond donors (Lipinski definition) is 0. The number of thiazole rings is 1. The first-order valence-corrected chi connectivity index (χ1v) is 10.2. The molecule has 1 saturated heterocycles. The fourth-order valence-electron chi connectivity index (χ4n) is 2.24. The van der Waals surface area contributed by atoms with E-state index in [1.54, 1.807) is 11.9 Å². The Hall–Kier alpha value is -0.980. The van der Waals surface area contributed by atoms with Gasteiger partial charge in [-0.1, -0.05) is 12.1 Å². The molecule has 0 N–H and O–H groups in total. The first-order chi connectivity index (χ1) is 10.6. The monoisotopic (exact) mass is 350 g/mol. The number of rotatable bonds is 3. The normalized spacial score (nSPS) is 15.7. The summed E-state index contributed by atoms with van der Waals surface area (Å²) in [6.45, 7) is 1.94. The molecule has 1 aliphatic heterocycles. The van der Waals surface area contributed by atoms with E-state index < -0.39 is 0 Å². The summed E-state index contributed by atoms with van der Waals surface area (Å²) in [6, 6.07) is 8.04. The number of carbonyl (C=O) groups is 1. The zero-order valence-corrected chi connectivity index (χ0v) is 15.1. The van der Waals surface area contributed by atoms with Crippen molar-refractivity contribution in [3.8, 4) is 0 Å². The Morgan fingerprint density at radius 3 is 2.50 bits per heavy atom. The fraction of sp³-hybridized carbons (Fsp3) is 0.375. The van der Waals surface area contributed by atoms with Crippen LogP contribution in [0.4, 0.5) is 5.13 Å². The van der Waals surface area contributed by atoms with Gasteiger partial charge < -0.3 is 0 Å². The Kier molecular flexibility index (Phi) is 5.10. The zero-order chi connectivity index (χ0) is 15.5. The summed E-state index contributed by atoms with van der Waals surface area (Å²) in [4.78, 5) is 18.5. The summed E-state index contributed by atoms with van der Waals surface area (Å²) in [6.07, 6.45) is 1.29. The van der Waals surface area contributed by atoms with E-state index in [4.69, 9.17) is 0 Å². The molecule has 1 aromatic carbocycles. The predicted molar refractivity (Wildman–Crippen MR) is 98.3 cm³/mol. The topological polar surface area (TPSA) is 33.2 Å². The van der Waals surface area contributed by atoms with Gasteiger partial charge in [0.1, 0.15) is 0 Å². The van der Waals surface area contributed by atoms with Gasteiger partial charge in [0.25, 0.3) is 5.91 Å². The van der Waals surface area contributed by atoms with Crippen molar-refractivity contribution in [1.29, 1.82) is 0 Å². The number of amides is 1. The van der Waals surface area contributed by atoms with Crippen molar-refractivity contribution in [2.75, 3.05) is 23.5 Å². The van der Waals surface area contributed by atoms with E-state index in [2.05, 4.69) is 17.1 Å². The summed E-state index contributed by atoms with van der Waals surface area (Å²) in [5.74, 6) is 2.44. The van der Waals surface area contributed by atoms with Crippen molar-refractivity contribution in [2.24, 2.45) is 0 Å². The Labute approximate surface area is 143 Å². The van der Waals surface area contributed by atoms with Gasteiger partial charge in [-0.15, -0.1) is 34.9 Å². The van der Waals surface area contributed by atoms with Crippen molar-refractivity contribution in [1.82, 2.24) is 4.98 Å². The average molecular weight is 351 g/mol. The summed E-state index contributed by atoms with van der Waals surface area (Å²) >= 11 is 5.49. The van der Waals surface area contributed by atoms with Crippen molar-refractivity contribution in [2.45, 2.75) is 17.9 Å². The quantitative estimate of drug-likeness (QED) is 0.810. The third-order valence-electron chi connectivity index (χ3n) is 3.46. The van der Waals surface area contributed by atoms with Gasteiger partial charge in [0.15, 0.2) is 5.13 Å². The minimum atomic E-state index is -0.00940. The maximum Gasteiger partial charge on any atom is 0.259 e. The zero-order valence-electron chi connectivity index (χ0n) is 12.6. The Morgan fingerprint density at radius 1 is 1.23 bits per heavy atom. The van der Waals surface area contributed by atoms with E-state index in [9.17, 15) is 4.79 Å². The molecule has 0 atom stereocenters. The molecule has 0 bridgehead atoms. The van der Waals surface area contributed by atoms with Crippen LogP contribution >= 0.6 is 34.9 Å². The molecule has 1 amide bonds. The van der Waals surface area contributed by atoms with Gasteiger partial charge in [-0.2, -0.15) is 0 Å². The molecule has 1 aromatic heterocycles. The standard InChI is InChI=1S/C16H18N2OS3/c1-11-10-22-16(17-11)18(2)14(19)12-4-6-13(7-5-12)15-20-8-3-9-21-15/h4-7,10,15H,3,8-9H2,1-2H3. The minimum Gasteiger partial charge on any atom is -0.287 e. The number of aryl methyl sites for hydroxylation is 1. The van der Waals surface area contributed by atoms with Gasteiger partial charge in [0.05, 0.1) is 10.3 Å². The highest BCUT2D eigenvalue weighted by molar-refractivity contribution is 8.16. The lowest BCUT2D eigenvalue weighted by atomic mass is 10.1. The SMILES string of the molecule is Cc1csc(N(C)C(=O)c2ccc(C3SCCCS3)cc2)n1. The predicted octanol–water partition coefficient (Wildman–Crippen LogP) is 4.60. The van der Waals surface area contributed by atoms with Crippen molar-refractivity contribution in [3.63, 3.8) is 0 Å². The van der Waals surface area contributed by atoms with E-state index >= 15 is 0 Å². The first-order valence-electron chi connectivity index (χ1n) is 7.18. The molecular weight excluding hydrogens is 332 g/mol. The molecule has 0 radical (unpaired) electrons. The number of carbonyl (C=O) groups excluding carboxylic acids is 1. The summed E-state index contributed by atoms with van der Waals surface area (Å²) < 4.78 is 0.511. The molecule has 1 fully saturated rings. The highest BCUT2D eigenvalue weighted by atomic mass is 32.2.